The van der Waals surface area contributed by atoms with E-state index in [9.17, 15) is 0 Å². The summed E-state index contributed by atoms with van der Waals surface area (Å²) in [5, 5.41) is 0. The van der Waals surface area contributed by atoms with Gasteiger partial charge in [0.2, 0.25) is 0 Å². The second kappa shape index (κ2) is 11.0. The third-order valence-electron chi connectivity index (χ3n) is 2.30. The zero-order chi connectivity index (χ0) is 12.2. The Balaban J connectivity index is 3.66. The standard InChI is InChI=1S/C14H28O2/c1-5-7-10-16-14(8-6-2)12-15-11-9-13(3)4/h9,11,13-14H,5-8,10,12H2,1-4H3. The lowest BCUT2D eigenvalue weighted by Gasteiger charge is -2.16. The third-order valence-corrected chi connectivity index (χ3v) is 2.30. The number of hydrogen-bond acceptors (Lipinski definition) is 2. The normalized spacial score (nSPS) is 13.6. The Kier molecular flexibility index (Phi) is 10.7. The Morgan fingerprint density at radius 2 is 1.88 bits per heavy atom. The highest BCUT2D eigenvalue weighted by atomic mass is 16.5. The Morgan fingerprint density at radius 3 is 2.44 bits per heavy atom. The highest BCUT2D eigenvalue weighted by Crippen LogP contribution is 2.05. The predicted octanol–water partition coefficient (Wildman–Crippen LogP) is 4.16. The van der Waals surface area contributed by atoms with Crippen molar-refractivity contribution in [1.29, 1.82) is 0 Å². The molecule has 0 aliphatic carbocycles. The number of allylic oxidation sites excluding steroid dienone is 1. The first-order valence-electron chi connectivity index (χ1n) is 6.60. The van der Waals surface area contributed by atoms with Gasteiger partial charge in [0.25, 0.3) is 0 Å². The molecule has 2 nitrogen and oxygen atoms in total. The van der Waals surface area contributed by atoms with Crippen LogP contribution in [0.25, 0.3) is 0 Å². The van der Waals surface area contributed by atoms with Crippen LogP contribution in [0.3, 0.4) is 0 Å². The van der Waals surface area contributed by atoms with Crippen LogP contribution in [0.4, 0.5) is 0 Å². The summed E-state index contributed by atoms with van der Waals surface area (Å²) in [7, 11) is 0. The number of ether oxygens (including phenoxy) is 2. The fourth-order valence-electron chi connectivity index (χ4n) is 1.31. The molecule has 0 aliphatic rings. The molecule has 0 aromatic heterocycles. The van der Waals surface area contributed by atoms with E-state index in [-0.39, 0.29) is 6.10 Å². The molecule has 0 spiro atoms. The van der Waals surface area contributed by atoms with Crippen LogP contribution in [0.2, 0.25) is 0 Å². The van der Waals surface area contributed by atoms with Crippen LogP contribution >= 0.6 is 0 Å². The fourth-order valence-corrected chi connectivity index (χ4v) is 1.31. The highest BCUT2D eigenvalue weighted by Gasteiger charge is 2.07. The quantitative estimate of drug-likeness (QED) is 0.413. The van der Waals surface area contributed by atoms with Crippen LogP contribution in [0.15, 0.2) is 12.3 Å². The minimum absolute atomic E-state index is 0.258. The SMILES string of the molecule is CCCCOC(CCC)COC=CC(C)C. The maximum absolute atomic E-state index is 5.77. The summed E-state index contributed by atoms with van der Waals surface area (Å²) in [6.45, 7) is 10.2. The van der Waals surface area contributed by atoms with E-state index in [0.29, 0.717) is 12.5 Å². The second-order valence-corrected chi connectivity index (χ2v) is 4.54. The molecular formula is C14H28O2. The van der Waals surface area contributed by atoms with Gasteiger partial charge in [-0.05, 0) is 24.8 Å². The van der Waals surface area contributed by atoms with Crippen molar-refractivity contribution >= 4 is 0 Å². The zero-order valence-electron chi connectivity index (χ0n) is 11.4. The second-order valence-electron chi connectivity index (χ2n) is 4.54. The molecule has 0 amide bonds. The molecule has 0 N–H and O–H groups in total. The Morgan fingerprint density at radius 1 is 1.12 bits per heavy atom. The smallest absolute Gasteiger partial charge is 0.113 e. The number of unbranched alkanes of at least 4 members (excludes halogenated alkanes) is 1. The lowest BCUT2D eigenvalue weighted by molar-refractivity contribution is 0.00186. The summed E-state index contributed by atoms with van der Waals surface area (Å²) in [4.78, 5) is 0. The van der Waals surface area contributed by atoms with Crippen LogP contribution in [0.5, 0.6) is 0 Å². The molecule has 2 heteroatoms. The largest absolute Gasteiger partial charge is 0.499 e. The van der Waals surface area contributed by atoms with Gasteiger partial charge in [0, 0.05) is 6.61 Å². The molecular weight excluding hydrogens is 200 g/mol. The summed E-state index contributed by atoms with van der Waals surface area (Å²) in [5.74, 6) is 0.547. The lowest BCUT2D eigenvalue weighted by atomic mass is 10.2. The Hall–Kier alpha value is -0.500. The summed E-state index contributed by atoms with van der Waals surface area (Å²) in [5.41, 5.74) is 0. The van der Waals surface area contributed by atoms with Crippen LogP contribution in [0.1, 0.15) is 53.4 Å². The van der Waals surface area contributed by atoms with Crippen molar-refractivity contribution in [1.82, 2.24) is 0 Å². The van der Waals surface area contributed by atoms with Gasteiger partial charge in [0.15, 0.2) is 0 Å². The molecule has 0 saturated heterocycles. The number of rotatable bonds is 10. The summed E-state index contributed by atoms with van der Waals surface area (Å²) in [6.07, 6.45) is 8.68. The van der Waals surface area contributed by atoms with Crippen molar-refractivity contribution in [3.8, 4) is 0 Å². The zero-order valence-corrected chi connectivity index (χ0v) is 11.4. The van der Waals surface area contributed by atoms with Crippen LogP contribution < -0.4 is 0 Å². The highest BCUT2D eigenvalue weighted by molar-refractivity contribution is 4.77. The summed E-state index contributed by atoms with van der Waals surface area (Å²) in [6, 6.07) is 0. The van der Waals surface area contributed by atoms with E-state index in [0.717, 1.165) is 25.9 Å². The van der Waals surface area contributed by atoms with Gasteiger partial charge in [0.05, 0.1) is 12.4 Å². The van der Waals surface area contributed by atoms with Gasteiger partial charge in [-0.3, -0.25) is 0 Å². The minimum atomic E-state index is 0.258. The van der Waals surface area contributed by atoms with Crippen molar-refractivity contribution in [2.45, 2.75) is 59.5 Å². The van der Waals surface area contributed by atoms with E-state index in [4.69, 9.17) is 9.47 Å². The summed E-state index contributed by atoms with van der Waals surface area (Å²) < 4.78 is 11.3. The predicted molar refractivity (Wildman–Crippen MR) is 69.5 cm³/mol. The molecule has 0 rings (SSSR count). The van der Waals surface area contributed by atoms with Crippen LogP contribution in [-0.2, 0) is 9.47 Å². The first-order valence-corrected chi connectivity index (χ1v) is 6.60. The van der Waals surface area contributed by atoms with E-state index in [1.807, 2.05) is 0 Å². The number of hydrogen-bond donors (Lipinski definition) is 0. The Labute approximate surface area is 101 Å². The minimum Gasteiger partial charge on any atom is -0.499 e. The first-order chi connectivity index (χ1) is 7.70. The van der Waals surface area contributed by atoms with E-state index in [1.165, 1.54) is 6.42 Å². The van der Waals surface area contributed by atoms with E-state index in [1.54, 1.807) is 6.26 Å². The molecule has 1 atom stereocenters. The molecule has 1 unspecified atom stereocenters. The topological polar surface area (TPSA) is 18.5 Å². The molecule has 0 aromatic carbocycles. The van der Waals surface area contributed by atoms with Crippen molar-refractivity contribution in [3.05, 3.63) is 12.3 Å². The molecule has 0 fully saturated rings. The van der Waals surface area contributed by atoms with E-state index >= 15 is 0 Å². The molecule has 0 saturated carbocycles. The van der Waals surface area contributed by atoms with Crippen molar-refractivity contribution < 1.29 is 9.47 Å². The molecule has 0 radical (unpaired) electrons. The lowest BCUT2D eigenvalue weighted by Crippen LogP contribution is -2.19. The maximum atomic E-state index is 5.77. The molecule has 16 heavy (non-hydrogen) atoms. The van der Waals surface area contributed by atoms with Crippen molar-refractivity contribution in [2.75, 3.05) is 13.2 Å². The van der Waals surface area contributed by atoms with Crippen LogP contribution in [-0.4, -0.2) is 19.3 Å². The Bertz CT molecular complexity index is 164. The molecule has 0 aromatic rings. The van der Waals surface area contributed by atoms with Crippen molar-refractivity contribution in [2.24, 2.45) is 5.92 Å². The average molecular weight is 228 g/mol. The van der Waals surface area contributed by atoms with Gasteiger partial charge in [-0.1, -0.05) is 40.5 Å². The molecule has 0 bridgehead atoms. The van der Waals surface area contributed by atoms with Gasteiger partial charge in [-0.2, -0.15) is 0 Å². The third kappa shape index (κ3) is 10.0. The molecule has 0 heterocycles. The van der Waals surface area contributed by atoms with Crippen LogP contribution in [0, 0.1) is 5.92 Å². The van der Waals surface area contributed by atoms with Gasteiger partial charge in [-0.15, -0.1) is 0 Å². The maximum Gasteiger partial charge on any atom is 0.113 e. The summed E-state index contributed by atoms with van der Waals surface area (Å²) >= 11 is 0. The fraction of sp³-hybridized carbons (Fsp3) is 0.857. The molecule has 96 valence electrons. The molecule has 0 aliphatic heterocycles. The van der Waals surface area contributed by atoms with Gasteiger partial charge in [0.1, 0.15) is 6.61 Å². The van der Waals surface area contributed by atoms with Gasteiger partial charge in [-0.25, -0.2) is 0 Å². The van der Waals surface area contributed by atoms with Crippen molar-refractivity contribution in [3.63, 3.8) is 0 Å². The van der Waals surface area contributed by atoms with Gasteiger partial charge < -0.3 is 9.47 Å². The van der Waals surface area contributed by atoms with E-state index < -0.39 is 0 Å². The van der Waals surface area contributed by atoms with Gasteiger partial charge >= 0.3 is 0 Å². The average Bonchev–Trinajstić information content (AvgIpc) is 2.24. The first kappa shape index (κ1) is 15.5. The monoisotopic (exact) mass is 228 g/mol. The van der Waals surface area contributed by atoms with E-state index in [2.05, 4.69) is 33.8 Å².